The van der Waals surface area contributed by atoms with Crippen LogP contribution in [0.5, 0.6) is 0 Å². The van der Waals surface area contributed by atoms with E-state index in [-0.39, 0.29) is 5.91 Å². The van der Waals surface area contributed by atoms with E-state index >= 15 is 0 Å². The minimum absolute atomic E-state index is 0.115. The van der Waals surface area contributed by atoms with Crippen molar-refractivity contribution in [3.05, 3.63) is 53.9 Å². The van der Waals surface area contributed by atoms with E-state index < -0.39 is 0 Å². The second kappa shape index (κ2) is 6.12. The molecule has 1 aromatic carbocycles. The van der Waals surface area contributed by atoms with E-state index in [1.165, 1.54) is 12.0 Å². The summed E-state index contributed by atoms with van der Waals surface area (Å²) in [7, 11) is 1.84. The molecule has 2 heterocycles. The quantitative estimate of drug-likeness (QED) is 0.868. The van der Waals surface area contributed by atoms with Crippen LogP contribution in [0.25, 0.3) is 0 Å². The standard InChI is InChI=1S/C17H21N3O/c1-19-13-15(12-18-19)17(21)20-10-6-5-9-16(20)11-14-7-3-2-4-8-14/h2-4,7-8,12-13,16H,5-6,9-11H2,1H3. The fraction of sp³-hybridized carbons (Fsp3) is 0.412. The van der Waals surface area contributed by atoms with Crippen LogP contribution < -0.4 is 0 Å². The molecular formula is C17H21N3O. The van der Waals surface area contributed by atoms with Crippen LogP contribution in [0.3, 0.4) is 0 Å². The third kappa shape index (κ3) is 3.15. The molecule has 1 aliphatic rings. The van der Waals surface area contributed by atoms with Crippen molar-refractivity contribution in [1.82, 2.24) is 14.7 Å². The van der Waals surface area contributed by atoms with Crippen LogP contribution in [0.2, 0.25) is 0 Å². The molecule has 3 rings (SSSR count). The molecule has 2 aromatic rings. The zero-order valence-electron chi connectivity index (χ0n) is 12.4. The minimum Gasteiger partial charge on any atom is -0.335 e. The van der Waals surface area contributed by atoms with Crippen molar-refractivity contribution in [2.24, 2.45) is 7.05 Å². The average molecular weight is 283 g/mol. The van der Waals surface area contributed by atoms with Gasteiger partial charge in [0.25, 0.3) is 5.91 Å². The minimum atomic E-state index is 0.115. The second-order valence-corrected chi connectivity index (χ2v) is 5.74. The molecular weight excluding hydrogens is 262 g/mol. The lowest BCUT2D eigenvalue weighted by molar-refractivity contribution is 0.0613. The molecule has 0 spiro atoms. The highest BCUT2D eigenvalue weighted by Gasteiger charge is 2.28. The number of nitrogens with zero attached hydrogens (tertiary/aromatic N) is 3. The zero-order valence-corrected chi connectivity index (χ0v) is 12.4. The molecule has 1 aliphatic heterocycles. The van der Waals surface area contributed by atoms with Crippen molar-refractivity contribution >= 4 is 5.91 Å². The van der Waals surface area contributed by atoms with E-state index in [0.29, 0.717) is 11.6 Å². The van der Waals surface area contributed by atoms with Gasteiger partial charge in [0.1, 0.15) is 0 Å². The summed E-state index contributed by atoms with van der Waals surface area (Å²) in [4.78, 5) is 14.7. The number of rotatable bonds is 3. The number of aromatic nitrogens is 2. The van der Waals surface area contributed by atoms with Crippen molar-refractivity contribution in [3.8, 4) is 0 Å². The molecule has 1 amide bonds. The van der Waals surface area contributed by atoms with Crippen molar-refractivity contribution in [2.75, 3.05) is 6.54 Å². The van der Waals surface area contributed by atoms with Crippen molar-refractivity contribution < 1.29 is 4.79 Å². The van der Waals surface area contributed by atoms with Crippen LogP contribution in [0.4, 0.5) is 0 Å². The number of benzene rings is 1. The van der Waals surface area contributed by atoms with Crippen molar-refractivity contribution in [3.63, 3.8) is 0 Å². The van der Waals surface area contributed by atoms with E-state index in [4.69, 9.17) is 0 Å². The SMILES string of the molecule is Cn1cc(C(=O)N2CCCCC2Cc2ccccc2)cn1. The molecule has 4 heteroatoms. The fourth-order valence-electron chi connectivity index (χ4n) is 3.06. The molecule has 1 aromatic heterocycles. The van der Waals surface area contributed by atoms with Gasteiger partial charge >= 0.3 is 0 Å². The van der Waals surface area contributed by atoms with Crippen molar-refractivity contribution in [1.29, 1.82) is 0 Å². The van der Waals surface area contributed by atoms with Crippen LogP contribution in [0, 0.1) is 0 Å². The largest absolute Gasteiger partial charge is 0.335 e. The molecule has 0 bridgehead atoms. The van der Waals surface area contributed by atoms with Gasteiger partial charge in [0.2, 0.25) is 0 Å². The highest BCUT2D eigenvalue weighted by atomic mass is 16.2. The number of carbonyl (C=O) groups excluding carboxylic acids is 1. The lowest BCUT2D eigenvalue weighted by Crippen LogP contribution is -2.44. The maximum atomic E-state index is 12.7. The van der Waals surface area contributed by atoms with Crippen LogP contribution >= 0.6 is 0 Å². The molecule has 0 radical (unpaired) electrons. The van der Waals surface area contributed by atoms with Crippen LogP contribution in [-0.4, -0.2) is 33.2 Å². The third-order valence-electron chi connectivity index (χ3n) is 4.15. The predicted octanol–water partition coefficient (Wildman–Crippen LogP) is 2.66. The van der Waals surface area contributed by atoms with Crippen molar-refractivity contribution in [2.45, 2.75) is 31.7 Å². The molecule has 1 unspecified atom stereocenters. The summed E-state index contributed by atoms with van der Waals surface area (Å²) in [6, 6.07) is 10.7. The highest BCUT2D eigenvalue weighted by molar-refractivity contribution is 5.94. The summed E-state index contributed by atoms with van der Waals surface area (Å²) in [5, 5.41) is 4.11. The summed E-state index contributed by atoms with van der Waals surface area (Å²) in [6.07, 6.45) is 7.78. The van der Waals surface area contributed by atoms with E-state index in [1.54, 1.807) is 17.1 Å². The number of piperidine rings is 1. The highest BCUT2D eigenvalue weighted by Crippen LogP contribution is 2.22. The Morgan fingerprint density at radius 2 is 2.10 bits per heavy atom. The van der Waals surface area contributed by atoms with Gasteiger partial charge in [-0.05, 0) is 31.2 Å². The van der Waals surface area contributed by atoms with Gasteiger partial charge in [-0.2, -0.15) is 5.10 Å². The molecule has 0 saturated carbocycles. The Morgan fingerprint density at radius 3 is 2.81 bits per heavy atom. The summed E-state index contributed by atoms with van der Waals surface area (Å²) < 4.78 is 1.68. The molecule has 21 heavy (non-hydrogen) atoms. The maximum absolute atomic E-state index is 12.7. The summed E-state index contributed by atoms with van der Waals surface area (Å²) in [5.41, 5.74) is 1.99. The predicted molar refractivity (Wildman–Crippen MR) is 82.0 cm³/mol. The lowest BCUT2D eigenvalue weighted by Gasteiger charge is -2.35. The first-order valence-electron chi connectivity index (χ1n) is 7.57. The number of hydrogen-bond acceptors (Lipinski definition) is 2. The molecule has 1 saturated heterocycles. The fourth-order valence-corrected chi connectivity index (χ4v) is 3.06. The van der Waals surface area contributed by atoms with E-state index in [0.717, 1.165) is 25.8 Å². The lowest BCUT2D eigenvalue weighted by atomic mass is 9.95. The Bertz CT molecular complexity index is 606. The van der Waals surface area contributed by atoms with Gasteiger partial charge in [0.05, 0.1) is 11.8 Å². The zero-order chi connectivity index (χ0) is 14.7. The molecule has 0 N–H and O–H groups in total. The van der Waals surface area contributed by atoms with Gasteiger partial charge in [0, 0.05) is 25.8 Å². The first kappa shape index (κ1) is 13.9. The van der Waals surface area contributed by atoms with Gasteiger partial charge in [-0.1, -0.05) is 30.3 Å². The number of hydrogen-bond donors (Lipinski definition) is 0. The van der Waals surface area contributed by atoms with Gasteiger partial charge in [-0.15, -0.1) is 0 Å². The van der Waals surface area contributed by atoms with Gasteiger partial charge in [0.15, 0.2) is 0 Å². The van der Waals surface area contributed by atoms with Crippen LogP contribution in [0.15, 0.2) is 42.7 Å². The Morgan fingerprint density at radius 1 is 1.29 bits per heavy atom. The molecule has 1 fully saturated rings. The van der Waals surface area contributed by atoms with E-state index in [2.05, 4.69) is 29.4 Å². The Labute approximate surface area is 125 Å². The smallest absolute Gasteiger partial charge is 0.257 e. The topological polar surface area (TPSA) is 38.1 Å². The first-order valence-corrected chi connectivity index (χ1v) is 7.57. The third-order valence-corrected chi connectivity index (χ3v) is 4.15. The van der Waals surface area contributed by atoms with Gasteiger partial charge in [-0.3, -0.25) is 9.48 Å². The number of amides is 1. The normalized spacial score (nSPS) is 18.7. The van der Waals surface area contributed by atoms with Gasteiger partial charge < -0.3 is 4.90 Å². The van der Waals surface area contributed by atoms with E-state index in [9.17, 15) is 4.79 Å². The Kier molecular flexibility index (Phi) is 4.04. The maximum Gasteiger partial charge on any atom is 0.257 e. The number of aryl methyl sites for hydroxylation is 1. The molecule has 110 valence electrons. The molecule has 0 aliphatic carbocycles. The first-order chi connectivity index (χ1) is 10.2. The average Bonchev–Trinajstić information content (AvgIpc) is 2.95. The van der Waals surface area contributed by atoms with E-state index in [1.807, 2.05) is 18.0 Å². The Balaban J connectivity index is 1.76. The number of likely N-dealkylation sites (tertiary alicyclic amines) is 1. The van der Waals surface area contributed by atoms with Gasteiger partial charge in [-0.25, -0.2) is 0 Å². The summed E-state index contributed by atoms with van der Waals surface area (Å²) in [5.74, 6) is 0.115. The van der Waals surface area contributed by atoms with Crippen LogP contribution in [-0.2, 0) is 13.5 Å². The molecule has 1 atom stereocenters. The molecule has 4 nitrogen and oxygen atoms in total. The monoisotopic (exact) mass is 283 g/mol. The second-order valence-electron chi connectivity index (χ2n) is 5.74. The summed E-state index contributed by atoms with van der Waals surface area (Å²) in [6.45, 7) is 0.852. The van der Waals surface area contributed by atoms with Crippen LogP contribution in [0.1, 0.15) is 35.2 Å². The summed E-state index contributed by atoms with van der Waals surface area (Å²) >= 11 is 0. The number of carbonyl (C=O) groups is 1. The Hall–Kier alpha value is -2.10.